The Bertz CT molecular complexity index is 487. The Morgan fingerprint density at radius 2 is 2.10 bits per heavy atom. The summed E-state index contributed by atoms with van der Waals surface area (Å²) < 4.78 is 37.4. The van der Waals surface area contributed by atoms with Crippen LogP contribution in [0.2, 0.25) is 0 Å². The highest BCUT2D eigenvalue weighted by atomic mass is 19.4. The summed E-state index contributed by atoms with van der Waals surface area (Å²) >= 11 is 0. The van der Waals surface area contributed by atoms with Gasteiger partial charge in [0.15, 0.2) is 0 Å². The SMILES string of the molecule is CC1CC(C(=O)O)CN(c2ccc(C(F)(F)F)cn2)C1. The summed E-state index contributed by atoms with van der Waals surface area (Å²) in [6, 6.07) is 2.26. The van der Waals surface area contributed by atoms with Gasteiger partial charge in [-0.3, -0.25) is 4.79 Å². The summed E-state index contributed by atoms with van der Waals surface area (Å²) in [5.74, 6) is -0.846. The first-order valence-corrected chi connectivity index (χ1v) is 6.28. The number of aliphatic carboxylic acids is 1. The van der Waals surface area contributed by atoms with Crippen molar-refractivity contribution in [2.45, 2.75) is 19.5 Å². The number of carboxylic acids is 1. The second kappa shape index (κ2) is 5.30. The minimum Gasteiger partial charge on any atom is -0.481 e. The molecular formula is C13H15F3N2O2. The van der Waals surface area contributed by atoms with Gasteiger partial charge in [0.2, 0.25) is 0 Å². The Labute approximate surface area is 114 Å². The number of rotatable bonds is 2. The van der Waals surface area contributed by atoms with Crippen LogP contribution in [0.25, 0.3) is 0 Å². The van der Waals surface area contributed by atoms with Crippen molar-refractivity contribution >= 4 is 11.8 Å². The Morgan fingerprint density at radius 1 is 1.40 bits per heavy atom. The Morgan fingerprint density at radius 3 is 2.60 bits per heavy atom. The molecule has 0 aliphatic carbocycles. The van der Waals surface area contributed by atoms with Crippen LogP contribution in [-0.2, 0) is 11.0 Å². The number of hydrogen-bond acceptors (Lipinski definition) is 3. The molecule has 20 heavy (non-hydrogen) atoms. The monoisotopic (exact) mass is 288 g/mol. The van der Waals surface area contributed by atoms with Crippen molar-refractivity contribution in [3.8, 4) is 0 Å². The van der Waals surface area contributed by atoms with Gasteiger partial charge in [0.25, 0.3) is 0 Å². The third kappa shape index (κ3) is 3.20. The zero-order valence-electron chi connectivity index (χ0n) is 10.9. The molecule has 0 bridgehead atoms. The van der Waals surface area contributed by atoms with Crippen LogP contribution >= 0.6 is 0 Å². The first kappa shape index (κ1) is 14.6. The predicted molar refractivity (Wildman–Crippen MR) is 66.4 cm³/mol. The lowest BCUT2D eigenvalue weighted by atomic mass is 9.90. The van der Waals surface area contributed by atoms with E-state index in [4.69, 9.17) is 5.11 Å². The standard InChI is InChI=1S/C13H15F3N2O2/c1-8-4-9(12(19)20)7-18(6-8)11-3-2-10(5-17-11)13(14,15)16/h2-3,5,8-9H,4,6-7H2,1H3,(H,19,20). The van der Waals surface area contributed by atoms with Crippen molar-refractivity contribution < 1.29 is 23.1 Å². The zero-order chi connectivity index (χ0) is 14.9. The van der Waals surface area contributed by atoms with E-state index < -0.39 is 23.6 Å². The number of halogens is 3. The van der Waals surface area contributed by atoms with Crippen molar-refractivity contribution in [3.63, 3.8) is 0 Å². The summed E-state index contributed by atoms with van der Waals surface area (Å²) in [7, 11) is 0. The van der Waals surface area contributed by atoms with Crippen LogP contribution in [0, 0.1) is 11.8 Å². The molecule has 1 fully saturated rings. The molecule has 2 heterocycles. The van der Waals surface area contributed by atoms with Crippen molar-refractivity contribution in [2.24, 2.45) is 11.8 Å². The molecule has 1 aliphatic heterocycles. The van der Waals surface area contributed by atoms with Crippen LogP contribution in [0.4, 0.5) is 19.0 Å². The number of carbonyl (C=O) groups is 1. The maximum atomic E-state index is 12.5. The molecule has 0 saturated carbocycles. The fourth-order valence-corrected chi connectivity index (χ4v) is 2.46. The van der Waals surface area contributed by atoms with Crippen LogP contribution in [0.1, 0.15) is 18.9 Å². The van der Waals surface area contributed by atoms with Crippen LogP contribution < -0.4 is 4.90 Å². The lowest BCUT2D eigenvalue weighted by Crippen LogP contribution is -2.42. The highest BCUT2D eigenvalue weighted by Gasteiger charge is 2.32. The molecule has 0 aromatic carbocycles. The van der Waals surface area contributed by atoms with Gasteiger partial charge in [-0.05, 0) is 24.5 Å². The average molecular weight is 288 g/mol. The number of alkyl halides is 3. The third-order valence-electron chi connectivity index (χ3n) is 3.41. The van der Waals surface area contributed by atoms with E-state index in [0.717, 1.165) is 12.3 Å². The maximum absolute atomic E-state index is 12.5. The first-order chi connectivity index (χ1) is 9.27. The molecule has 0 spiro atoms. The van der Waals surface area contributed by atoms with Gasteiger partial charge >= 0.3 is 12.1 Å². The number of piperidine rings is 1. The molecule has 7 heteroatoms. The summed E-state index contributed by atoms with van der Waals surface area (Å²) in [4.78, 5) is 16.6. The quantitative estimate of drug-likeness (QED) is 0.909. The number of nitrogens with zero attached hydrogens (tertiary/aromatic N) is 2. The maximum Gasteiger partial charge on any atom is 0.417 e. The fourth-order valence-electron chi connectivity index (χ4n) is 2.46. The molecule has 2 unspecified atom stereocenters. The van der Waals surface area contributed by atoms with E-state index in [-0.39, 0.29) is 12.5 Å². The summed E-state index contributed by atoms with van der Waals surface area (Å²) in [5.41, 5.74) is -0.805. The summed E-state index contributed by atoms with van der Waals surface area (Å²) in [6.07, 6.45) is -3.05. The van der Waals surface area contributed by atoms with Crippen LogP contribution in [0.5, 0.6) is 0 Å². The lowest BCUT2D eigenvalue weighted by Gasteiger charge is -2.35. The second-order valence-corrected chi connectivity index (χ2v) is 5.18. The predicted octanol–water partition coefficient (Wildman–Crippen LogP) is 2.65. The van der Waals surface area contributed by atoms with E-state index in [2.05, 4.69) is 4.98 Å². The van der Waals surface area contributed by atoms with Crippen molar-refractivity contribution in [3.05, 3.63) is 23.9 Å². The minimum absolute atomic E-state index is 0.161. The Kier molecular flexibility index (Phi) is 3.87. The van der Waals surface area contributed by atoms with Gasteiger partial charge in [-0.15, -0.1) is 0 Å². The molecule has 1 aromatic rings. The van der Waals surface area contributed by atoms with Gasteiger partial charge in [0.05, 0.1) is 11.5 Å². The normalized spacial score (nSPS) is 23.7. The molecular weight excluding hydrogens is 273 g/mol. The van der Waals surface area contributed by atoms with Crippen molar-refractivity contribution in [1.82, 2.24) is 4.98 Å². The molecule has 1 aromatic heterocycles. The van der Waals surface area contributed by atoms with Crippen molar-refractivity contribution in [2.75, 3.05) is 18.0 Å². The van der Waals surface area contributed by atoms with E-state index in [0.29, 0.717) is 18.8 Å². The van der Waals surface area contributed by atoms with Crippen LogP contribution in [-0.4, -0.2) is 29.1 Å². The molecule has 0 amide bonds. The number of hydrogen-bond donors (Lipinski definition) is 1. The van der Waals surface area contributed by atoms with Crippen LogP contribution in [0.15, 0.2) is 18.3 Å². The second-order valence-electron chi connectivity index (χ2n) is 5.18. The molecule has 0 radical (unpaired) electrons. The van der Waals surface area contributed by atoms with E-state index in [9.17, 15) is 18.0 Å². The molecule has 110 valence electrons. The average Bonchev–Trinajstić information content (AvgIpc) is 2.37. The van der Waals surface area contributed by atoms with Gasteiger partial charge < -0.3 is 10.0 Å². The number of anilines is 1. The number of aromatic nitrogens is 1. The lowest BCUT2D eigenvalue weighted by molar-refractivity contribution is -0.142. The van der Waals surface area contributed by atoms with Gasteiger partial charge in [-0.1, -0.05) is 6.92 Å². The van der Waals surface area contributed by atoms with Gasteiger partial charge in [0, 0.05) is 19.3 Å². The largest absolute Gasteiger partial charge is 0.481 e. The molecule has 1 N–H and O–H groups in total. The fraction of sp³-hybridized carbons (Fsp3) is 0.538. The van der Waals surface area contributed by atoms with E-state index in [1.165, 1.54) is 6.07 Å². The Balaban J connectivity index is 2.16. The smallest absolute Gasteiger partial charge is 0.417 e. The highest BCUT2D eigenvalue weighted by Crippen LogP contribution is 2.30. The van der Waals surface area contributed by atoms with E-state index in [1.807, 2.05) is 6.92 Å². The molecule has 4 nitrogen and oxygen atoms in total. The molecule has 2 atom stereocenters. The first-order valence-electron chi connectivity index (χ1n) is 6.28. The Hall–Kier alpha value is -1.79. The van der Waals surface area contributed by atoms with Crippen molar-refractivity contribution in [1.29, 1.82) is 0 Å². The molecule has 2 rings (SSSR count). The summed E-state index contributed by atoms with van der Waals surface area (Å²) in [6.45, 7) is 2.80. The summed E-state index contributed by atoms with van der Waals surface area (Å²) in [5, 5.41) is 9.08. The molecule has 1 saturated heterocycles. The van der Waals surface area contributed by atoms with E-state index >= 15 is 0 Å². The third-order valence-corrected chi connectivity index (χ3v) is 3.41. The topological polar surface area (TPSA) is 53.4 Å². The van der Waals surface area contributed by atoms with Crippen LogP contribution in [0.3, 0.4) is 0 Å². The minimum atomic E-state index is -4.41. The highest BCUT2D eigenvalue weighted by molar-refractivity contribution is 5.71. The van der Waals surface area contributed by atoms with E-state index in [1.54, 1.807) is 4.90 Å². The van der Waals surface area contributed by atoms with Gasteiger partial charge in [0.1, 0.15) is 5.82 Å². The van der Waals surface area contributed by atoms with Gasteiger partial charge in [-0.25, -0.2) is 4.98 Å². The van der Waals surface area contributed by atoms with Gasteiger partial charge in [-0.2, -0.15) is 13.2 Å². The number of carboxylic acid groups (broad SMARTS) is 1. The zero-order valence-corrected chi connectivity index (χ0v) is 10.9. The number of pyridine rings is 1. The molecule has 1 aliphatic rings.